The molecule has 3 nitrogen and oxygen atoms in total. The van der Waals surface area contributed by atoms with Gasteiger partial charge >= 0.3 is 0 Å². The van der Waals surface area contributed by atoms with E-state index in [1.807, 2.05) is 0 Å². The van der Waals surface area contributed by atoms with Gasteiger partial charge in [-0.25, -0.2) is 9.97 Å². The Morgan fingerprint density at radius 3 is 2.47 bits per heavy atom. The van der Waals surface area contributed by atoms with E-state index in [1.54, 1.807) is 0 Å². The number of anilines is 1. The molecule has 0 bridgehead atoms. The fourth-order valence-electron chi connectivity index (χ4n) is 2.84. The lowest BCUT2D eigenvalue weighted by atomic mass is 9.91. The van der Waals surface area contributed by atoms with Gasteiger partial charge in [-0.15, -0.1) is 0 Å². The first kappa shape index (κ1) is 14.8. The summed E-state index contributed by atoms with van der Waals surface area (Å²) in [6.45, 7) is 8.75. The summed E-state index contributed by atoms with van der Waals surface area (Å²) in [6.07, 6.45) is 4.96. The van der Waals surface area contributed by atoms with Gasteiger partial charge in [-0.1, -0.05) is 34.1 Å². The molecular weight excluding hydrogens is 302 g/mol. The zero-order chi connectivity index (χ0) is 14.2. The molecule has 4 heteroatoms. The molecule has 2 N–H and O–H groups in total. The van der Waals surface area contributed by atoms with E-state index in [1.165, 1.54) is 25.7 Å². The lowest BCUT2D eigenvalue weighted by molar-refractivity contribution is 0.511. The largest absolute Gasteiger partial charge is 0.383 e. The van der Waals surface area contributed by atoms with E-state index >= 15 is 0 Å². The minimum atomic E-state index is -0.0204. The molecule has 2 atom stereocenters. The van der Waals surface area contributed by atoms with E-state index in [9.17, 15) is 0 Å². The van der Waals surface area contributed by atoms with Gasteiger partial charge in [0.15, 0.2) is 0 Å². The summed E-state index contributed by atoms with van der Waals surface area (Å²) in [6, 6.07) is 0. The normalized spacial score (nSPS) is 23.8. The van der Waals surface area contributed by atoms with Crippen molar-refractivity contribution in [2.24, 2.45) is 5.92 Å². The zero-order valence-corrected chi connectivity index (χ0v) is 13.9. The number of hydrogen-bond donors (Lipinski definition) is 1. The molecule has 1 aliphatic carbocycles. The monoisotopic (exact) mass is 325 g/mol. The molecule has 106 valence electrons. The van der Waals surface area contributed by atoms with Gasteiger partial charge in [-0.05, 0) is 41.1 Å². The molecule has 1 saturated carbocycles. The molecule has 0 radical (unpaired) electrons. The first-order valence-corrected chi connectivity index (χ1v) is 7.95. The molecule has 1 heterocycles. The molecule has 1 fully saturated rings. The van der Waals surface area contributed by atoms with Gasteiger partial charge in [0.25, 0.3) is 0 Å². The average molecular weight is 326 g/mol. The van der Waals surface area contributed by atoms with Crippen LogP contribution < -0.4 is 5.73 Å². The van der Waals surface area contributed by atoms with Gasteiger partial charge in [0.1, 0.15) is 11.6 Å². The van der Waals surface area contributed by atoms with Crippen LogP contribution in [0, 0.1) is 5.92 Å². The lowest BCUT2D eigenvalue weighted by Gasteiger charge is -2.22. The third-order valence-electron chi connectivity index (χ3n) is 4.09. The molecule has 1 aromatic rings. The minimum absolute atomic E-state index is 0.0204. The molecule has 1 aromatic heterocycles. The van der Waals surface area contributed by atoms with E-state index in [0.29, 0.717) is 11.7 Å². The maximum absolute atomic E-state index is 6.05. The van der Waals surface area contributed by atoms with Crippen molar-refractivity contribution in [3.63, 3.8) is 0 Å². The standard InChI is InChI=1S/C15H24BrN3/c1-5-9-6-7-10(8-9)14-18-12(15(2,3)4)11(16)13(17)19-14/h9-10H,5-8H2,1-4H3,(H2,17,18,19). The highest BCUT2D eigenvalue weighted by Crippen LogP contribution is 2.40. The predicted molar refractivity (Wildman–Crippen MR) is 83.2 cm³/mol. The van der Waals surface area contributed by atoms with Crippen LogP contribution in [0.3, 0.4) is 0 Å². The summed E-state index contributed by atoms with van der Waals surface area (Å²) in [5.74, 6) is 2.84. The van der Waals surface area contributed by atoms with E-state index in [0.717, 1.165) is 21.9 Å². The van der Waals surface area contributed by atoms with E-state index < -0.39 is 0 Å². The lowest BCUT2D eigenvalue weighted by Crippen LogP contribution is -2.19. The van der Waals surface area contributed by atoms with Crippen LogP contribution in [0.5, 0.6) is 0 Å². The van der Waals surface area contributed by atoms with Crippen LogP contribution in [0.25, 0.3) is 0 Å². The SMILES string of the molecule is CCC1CCC(c2nc(N)c(Br)c(C(C)(C)C)n2)C1. The van der Waals surface area contributed by atoms with Crippen LogP contribution in [-0.2, 0) is 5.41 Å². The quantitative estimate of drug-likeness (QED) is 0.876. The first-order valence-electron chi connectivity index (χ1n) is 7.16. The highest BCUT2D eigenvalue weighted by molar-refractivity contribution is 9.10. The highest BCUT2D eigenvalue weighted by Gasteiger charge is 2.29. The fraction of sp³-hybridized carbons (Fsp3) is 0.733. The van der Waals surface area contributed by atoms with Gasteiger partial charge in [0, 0.05) is 11.3 Å². The van der Waals surface area contributed by atoms with Crippen molar-refractivity contribution < 1.29 is 0 Å². The number of hydrogen-bond acceptors (Lipinski definition) is 3. The Bertz CT molecular complexity index is 465. The Balaban J connectivity index is 2.35. The van der Waals surface area contributed by atoms with Crippen molar-refractivity contribution >= 4 is 21.7 Å². The summed E-state index contributed by atoms with van der Waals surface area (Å²) in [4.78, 5) is 9.33. The second-order valence-corrected chi connectivity index (χ2v) is 7.46. The summed E-state index contributed by atoms with van der Waals surface area (Å²) < 4.78 is 0.855. The average Bonchev–Trinajstić information content (AvgIpc) is 2.79. The smallest absolute Gasteiger partial charge is 0.141 e. The number of rotatable bonds is 2. The van der Waals surface area contributed by atoms with Gasteiger partial charge in [-0.3, -0.25) is 0 Å². The van der Waals surface area contributed by atoms with Crippen LogP contribution >= 0.6 is 15.9 Å². The summed E-state index contributed by atoms with van der Waals surface area (Å²) >= 11 is 3.53. The summed E-state index contributed by atoms with van der Waals surface area (Å²) in [5.41, 5.74) is 7.06. The Morgan fingerprint density at radius 2 is 1.95 bits per heavy atom. The van der Waals surface area contributed by atoms with Crippen molar-refractivity contribution in [2.75, 3.05) is 5.73 Å². The first-order chi connectivity index (χ1) is 8.82. The van der Waals surface area contributed by atoms with Crippen molar-refractivity contribution in [3.8, 4) is 0 Å². The molecule has 0 aromatic carbocycles. The van der Waals surface area contributed by atoms with Gasteiger partial charge in [0.2, 0.25) is 0 Å². The van der Waals surface area contributed by atoms with Crippen LogP contribution in [-0.4, -0.2) is 9.97 Å². The van der Waals surface area contributed by atoms with E-state index in [-0.39, 0.29) is 5.41 Å². The molecular formula is C15H24BrN3. The molecule has 0 aliphatic heterocycles. The number of halogens is 1. The Hall–Kier alpha value is -0.640. The van der Waals surface area contributed by atoms with Crippen LogP contribution in [0.1, 0.15) is 70.8 Å². The van der Waals surface area contributed by atoms with Gasteiger partial charge < -0.3 is 5.73 Å². The van der Waals surface area contributed by atoms with Crippen molar-refractivity contribution in [3.05, 3.63) is 16.0 Å². The van der Waals surface area contributed by atoms with Gasteiger partial charge in [-0.2, -0.15) is 0 Å². The molecule has 2 unspecified atom stereocenters. The van der Waals surface area contributed by atoms with Crippen molar-refractivity contribution in [1.82, 2.24) is 9.97 Å². The third-order valence-corrected chi connectivity index (χ3v) is 4.87. The molecule has 0 spiro atoms. The Labute approximate surface area is 124 Å². The minimum Gasteiger partial charge on any atom is -0.383 e. The second-order valence-electron chi connectivity index (χ2n) is 6.66. The van der Waals surface area contributed by atoms with E-state index in [2.05, 4.69) is 48.6 Å². The molecule has 0 saturated heterocycles. The predicted octanol–water partition coefficient (Wildman–Crippen LogP) is 4.41. The molecule has 2 rings (SSSR count). The highest BCUT2D eigenvalue weighted by atomic mass is 79.9. The van der Waals surface area contributed by atoms with Gasteiger partial charge in [0.05, 0.1) is 10.2 Å². The number of nitrogens with zero attached hydrogens (tertiary/aromatic N) is 2. The van der Waals surface area contributed by atoms with Crippen molar-refractivity contribution in [1.29, 1.82) is 0 Å². The second kappa shape index (κ2) is 5.39. The zero-order valence-electron chi connectivity index (χ0n) is 12.3. The van der Waals surface area contributed by atoms with Crippen LogP contribution in [0.2, 0.25) is 0 Å². The van der Waals surface area contributed by atoms with Crippen LogP contribution in [0.4, 0.5) is 5.82 Å². The fourth-order valence-corrected chi connectivity index (χ4v) is 3.61. The number of nitrogen functional groups attached to an aromatic ring is 1. The topological polar surface area (TPSA) is 51.8 Å². The van der Waals surface area contributed by atoms with Crippen LogP contribution in [0.15, 0.2) is 4.47 Å². The summed E-state index contributed by atoms with van der Waals surface area (Å²) in [5, 5.41) is 0. The summed E-state index contributed by atoms with van der Waals surface area (Å²) in [7, 11) is 0. The Kier molecular flexibility index (Phi) is 4.19. The van der Waals surface area contributed by atoms with Crippen molar-refractivity contribution in [2.45, 2.75) is 64.7 Å². The van der Waals surface area contributed by atoms with E-state index in [4.69, 9.17) is 10.7 Å². The number of aromatic nitrogens is 2. The molecule has 0 amide bonds. The molecule has 1 aliphatic rings. The third kappa shape index (κ3) is 3.10. The Morgan fingerprint density at radius 1 is 1.26 bits per heavy atom. The maximum Gasteiger partial charge on any atom is 0.141 e. The number of nitrogens with two attached hydrogens (primary N) is 1. The molecule has 19 heavy (non-hydrogen) atoms. The maximum atomic E-state index is 6.05.